The number of aryl methyl sites for hydroxylation is 1. The standard InChI is InChI=1S/C20H21N5O2S2/c1-14-6-7-17(27-14)18-21-15(12-28-18)13-29-20-23-22-19(24-8-2-3-9-24)25(20)11-16-5-4-10-26-16/h4-7,10,12H,2-3,8-9,11,13H2,1H3. The fourth-order valence-electron chi connectivity index (χ4n) is 3.41. The molecule has 7 nitrogen and oxygen atoms in total. The van der Waals surface area contributed by atoms with Crippen LogP contribution in [0.4, 0.5) is 5.95 Å². The van der Waals surface area contributed by atoms with Gasteiger partial charge >= 0.3 is 0 Å². The van der Waals surface area contributed by atoms with E-state index >= 15 is 0 Å². The van der Waals surface area contributed by atoms with Gasteiger partial charge in [0, 0.05) is 24.2 Å². The van der Waals surface area contributed by atoms with E-state index in [1.54, 1.807) is 29.4 Å². The minimum absolute atomic E-state index is 0.627. The molecule has 0 bridgehead atoms. The molecule has 9 heteroatoms. The van der Waals surface area contributed by atoms with Crippen molar-refractivity contribution in [2.24, 2.45) is 0 Å². The van der Waals surface area contributed by atoms with Gasteiger partial charge in [-0.3, -0.25) is 4.57 Å². The average Bonchev–Trinajstić information content (AvgIpc) is 3.51. The normalized spacial score (nSPS) is 14.2. The highest BCUT2D eigenvalue weighted by atomic mass is 32.2. The molecule has 1 saturated heterocycles. The number of rotatable bonds is 7. The zero-order valence-corrected chi connectivity index (χ0v) is 17.7. The fraction of sp³-hybridized carbons (Fsp3) is 0.350. The molecule has 0 N–H and O–H groups in total. The highest BCUT2D eigenvalue weighted by molar-refractivity contribution is 7.98. The molecule has 0 atom stereocenters. The van der Waals surface area contributed by atoms with Gasteiger partial charge in [-0.15, -0.1) is 21.5 Å². The molecule has 0 unspecified atom stereocenters. The van der Waals surface area contributed by atoms with Gasteiger partial charge in [-0.1, -0.05) is 11.8 Å². The lowest BCUT2D eigenvalue weighted by Crippen LogP contribution is -2.22. The van der Waals surface area contributed by atoms with E-state index in [1.807, 2.05) is 31.2 Å². The van der Waals surface area contributed by atoms with Crippen LogP contribution in [-0.4, -0.2) is 32.8 Å². The quantitative estimate of drug-likeness (QED) is 0.391. The van der Waals surface area contributed by atoms with Gasteiger partial charge < -0.3 is 13.7 Å². The van der Waals surface area contributed by atoms with Crippen LogP contribution in [0.25, 0.3) is 10.8 Å². The maximum absolute atomic E-state index is 5.68. The number of nitrogens with zero attached hydrogens (tertiary/aromatic N) is 5. The van der Waals surface area contributed by atoms with Crippen molar-refractivity contribution >= 4 is 29.0 Å². The molecule has 0 aromatic carbocycles. The smallest absolute Gasteiger partial charge is 0.228 e. The summed E-state index contributed by atoms with van der Waals surface area (Å²) in [6.45, 7) is 4.62. The summed E-state index contributed by atoms with van der Waals surface area (Å²) >= 11 is 3.25. The minimum atomic E-state index is 0.627. The Labute approximate surface area is 176 Å². The molecule has 0 radical (unpaired) electrons. The second kappa shape index (κ2) is 8.08. The highest BCUT2D eigenvalue weighted by Gasteiger charge is 2.22. The Morgan fingerprint density at radius 3 is 2.83 bits per heavy atom. The Kier molecular flexibility index (Phi) is 5.15. The molecule has 1 fully saturated rings. The van der Waals surface area contributed by atoms with E-state index in [1.165, 1.54) is 12.8 Å². The van der Waals surface area contributed by atoms with Gasteiger partial charge in [0.1, 0.15) is 11.5 Å². The molecule has 1 aliphatic rings. The summed E-state index contributed by atoms with van der Waals surface area (Å²) in [5.41, 5.74) is 1.01. The first-order valence-corrected chi connectivity index (χ1v) is 11.5. The van der Waals surface area contributed by atoms with Crippen molar-refractivity contribution in [3.05, 3.63) is 53.1 Å². The predicted octanol–water partition coefficient (Wildman–Crippen LogP) is 4.84. The van der Waals surface area contributed by atoms with Crippen molar-refractivity contribution in [1.29, 1.82) is 0 Å². The summed E-state index contributed by atoms with van der Waals surface area (Å²) in [5, 5.41) is 12.8. The lowest BCUT2D eigenvalue weighted by molar-refractivity contribution is 0.483. The van der Waals surface area contributed by atoms with Crippen molar-refractivity contribution in [3.8, 4) is 10.8 Å². The van der Waals surface area contributed by atoms with Crippen molar-refractivity contribution in [2.75, 3.05) is 18.0 Å². The van der Waals surface area contributed by atoms with E-state index in [9.17, 15) is 0 Å². The monoisotopic (exact) mass is 427 g/mol. The zero-order valence-electron chi connectivity index (χ0n) is 16.1. The van der Waals surface area contributed by atoms with Crippen molar-refractivity contribution in [2.45, 2.75) is 37.2 Å². The number of thiazole rings is 1. The molecule has 0 amide bonds. The van der Waals surface area contributed by atoms with Gasteiger partial charge in [0.25, 0.3) is 0 Å². The van der Waals surface area contributed by atoms with Crippen molar-refractivity contribution in [3.63, 3.8) is 0 Å². The molecule has 0 spiro atoms. The topological polar surface area (TPSA) is 73.1 Å². The first kappa shape index (κ1) is 18.5. The fourth-order valence-corrected chi connectivity index (χ4v) is 5.12. The third-order valence-electron chi connectivity index (χ3n) is 4.83. The maximum Gasteiger partial charge on any atom is 0.228 e. The van der Waals surface area contributed by atoms with Crippen LogP contribution in [0.1, 0.15) is 30.1 Å². The number of thioether (sulfide) groups is 1. The van der Waals surface area contributed by atoms with Crippen molar-refractivity contribution < 1.29 is 8.83 Å². The Morgan fingerprint density at radius 2 is 2.07 bits per heavy atom. The second-order valence-corrected chi connectivity index (χ2v) is 8.79. The van der Waals surface area contributed by atoms with Crippen LogP contribution < -0.4 is 4.90 Å². The lowest BCUT2D eigenvalue weighted by atomic mass is 10.4. The highest BCUT2D eigenvalue weighted by Crippen LogP contribution is 2.30. The van der Waals surface area contributed by atoms with Gasteiger partial charge in [-0.25, -0.2) is 4.98 Å². The van der Waals surface area contributed by atoms with E-state index in [0.29, 0.717) is 6.54 Å². The van der Waals surface area contributed by atoms with Crippen LogP contribution in [0.15, 0.2) is 49.9 Å². The summed E-state index contributed by atoms with van der Waals surface area (Å²) in [6.07, 6.45) is 4.10. The third kappa shape index (κ3) is 3.97. The van der Waals surface area contributed by atoms with Crippen LogP contribution >= 0.6 is 23.1 Å². The molecule has 1 aliphatic heterocycles. The summed E-state index contributed by atoms with van der Waals surface area (Å²) < 4.78 is 13.4. The number of hydrogen-bond donors (Lipinski definition) is 0. The predicted molar refractivity (Wildman–Crippen MR) is 113 cm³/mol. The molecule has 4 aromatic heterocycles. The van der Waals surface area contributed by atoms with Gasteiger partial charge in [0.2, 0.25) is 5.95 Å². The number of furan rings is 2. The van der Waals surface area contributed by atoms with Crippen LogP contribution in [0.3, 0.4) is 0 Å². The van der Waals surface area contributed by atoms with E-state index < -0.39 is 0 Å². The van der Waals surface area contributed by atoms with Gasteiger partial charge in [0.15, 0.2) is 15.9 Å². The van der Waals surface area contributed by atoms with E-state index in [0.717, 1.165) is 57.9 Å². The minimum Gasteiger partial charge on any atom is -0.467 e. The van der Waals surface area contributed by atoms with Crippen LogP contribution in [0.2, 0.25) is 0 Å². The van der Waals surface area contributed by atoms with E-state index in [4.69, 9.17) is 13.8 Å². The first-order valence-electron chi connectivity index (χ1n) is 9.61. The average molecular weight is 428 g/mol. The number of hydrogen-bond acceptors (Lipinski definition) is 8. The lowest BCUT2D eigenvalue weighted by Gasteiger charge is -2.17. The summed E-state index contributed by atoms with van der Waals surface area (Å²) in [5.74, 6) is 4.27. The van der Waals surface area contributed by atoms with Crippen LogP contribution in [-0.2, 0) is 12.3 Å². The molecule has 4 aromatic rings. The van der Waals surface area contributed by atoms with Crippen LogP contribution in [0.5, 0.6) is 0 Å². The van der Waals surface area contributed by atoms with Gasteiger partial charge in [-0.2, -0.15) is 0 Å². The first-order chi connectivity index (χ1) is 14.3. The third-order valence-corrected chi connectivity index (χ3v) is 6.74. The Bertz CT molecular complexity index is 1080. The van der Waals surface area contributed by atoms with Crippen molar-refractivity contribution in [1.82, 2.24) is 19.7 Å². The Hall–Kier alpha value is -2.52. The maximum atomic E-state index is 5.68. The molecular weight excluding hydrogens is 406 g/mol. The summed E-state index contributed by atoms with van der Waals surface area (Å²) in [6, 6.07) is 7.82. The Balaban J connectivity index is 1.34. The van der Waals surface area contributed by atoms with E-state index in [-0.39, 0.29) is 0 Å². The largest absolute Gasteiger partial charge is 0.467 e. The zero-order chi connectivity index (χ0) is 19.6. The second-order valence-electron chi connectivity index (χ2n) is 6.99. The summed E-state index contributed by atoms with van der Waals surface area (Å²) in [4.78, 5) is 7.02. The molecule has 5 rings (SSSR count). The number of anilines is 1. The Morgan fingerprint density at radius 1 is 1.17 bits per heavy atom. The van der Waals surface area contributed by atoms with Crippen LogP contribution in [0, 0.1) is 6.92 Å². The molecule has 150 valence electrons. The summed E-state index contributed by atoms with van der Waals surface area (Å²) in [7, 11) is 0. The number of aromatic nitrogens is 4. The van der Waals surface area contributed by atoms with Gasteiger partial charge in [0.05, 0.1) is 18.5 Å². The molecule has 29 heavy (non-hydrogen) atoms. The van der Waals surface area contributed by atoms with E-state index in [2.05, 4.69) is 25.0 Å². The SMILES string of the molecule is Cc1ccc(-c2nc(CSc3nnc(N4CCCC4)n3Cc3ccco3)cs2)o1. The molecular formula is C20H21N5O2S2. The molecule has 0 saturated carbocycles. The van der Waals surface area contributed by atoms with Gasteiger partial charge in [-0.05, 0) is 44.0 Å². The molecule has 0 aliphatic carbocycles. The molecule has 5 heterocycles.